The highest BCUT2D eigenvalue weighted by Gasteiger charge is 2.29. The fourth-order valence-electron chi connectivity index (χ4n) is 1.78. The Morgan fingerprint density at radius 3 is 2.60 bits per heavy atom. The number of thiazole rings is 1. The molecule has 0 saturated heterocycles. The van der Waals surface area contributed by atoms with Crippen LogP contribution in [-0.2, 0) is 5.41 Å². The zero-order valence-electron chi connectivity index (χ0n) is 9.50. The summed E-state index contributed by atoms with van der Waals surface area (Å²) in [6, 6.07) is 2.32. The minimum atomic E-state index is -0.433. The summed E-state index contributed by atoms with van der Waals surface area (Å²) in [7, 11) is 0. The minimum Gasteiger partial charge on any atom is -0.244 e. The fraction of sp³-hybridized carbons (Fsp3) is 0.667. The molecule has 1 fully saturated rings. The first-order chi connectivity index (χ1) is 7.04. The number of hydrogen-bond acceptors (Lipinski definition) is 3. The smallest absolute Gasteiger partial charge is 0.113 e. The van der Waals surface area contributed by atoms with Crippen LogP contribution in [0.5, 0.6) is 0 Å². The minimum absolute atomic E-state index is 0.433. The molecule has 0 amide bonds. The van der Waals surface area contributed by atoms with Crippen molar-refractivity contribution in [2.24, 2.45) is 0 Å². The maximum absolute atomic E-state index is 9.07. The number of rotatable bonds is 2. The van der Waals surface area contributed by atoms with E-state index in [1.165, 1.54) is 29.8 Å². The second kappa shape index (κ2) is 3.61. The Morgan fingerprint density at radius 1 is 1.47 bits per heavy atom. The highest BCUT2D eigenvalue weighted by atomic mass is 32.1. The van der Waals surface area contributed by atoms with E-state index in [0.717, 1.165) is 5.01 Å². The lowest BCUT2D eigenvalue weighted by Gasteiger charge is -2.24. The van der Waals surface area contributed by atoms with Gasteiger partial charge in [0.15, 0.2) is 0 Å². The van der Waals surface area contributed by atoms with Gasteiger partial charge in [0.2, 0.25) is 0 Å². The number of aryl methyl sites for hydroxylation is 1. The van der Waals surface area contributed by atoms with E-state index in [-0.39, 0.29) is 0 Å². The molecular weight excluding hydrogens is 204 g/mol. The molecule has 1 heterocycles. The SMILES string of the molecule is Cc1sc(C(C)(C)C#N)nc1C1CCC1. The third-order valence-electron chi connectivity index (χ3n) is 3.14. The van der Waals surface area contributed by atoms with E-state index in [1.807, 2.05) is 13.8 Å². The van der Waals surface area contributed by atoms with Crippen LogP contribution < -0.4 is 0 Å². The van der Waals surface area contributed by atoms with Gasteiger partial charge < -0.3 is 0 Å². The van der Waals surface area contributed by atoms with Gasteiger partial charge in [-0.05, 0) is 33.6 Å². The van der Waals surface area contributed by atoms with Crippen LogP contribution in [-0.4, -0.2) is 4.98 Å². The van der Waals surface area contributed by atoms with Gasteiger partial charge in [-0.1, -0.05) is 6.42 Å². The van der Waals surface area contributed by atoms with Crippen LogP contribution in [0.3, 0.4) is 0 Å². The van der Waals surface area contributed by atoms with Crippen molar-refractivity contribution < 1.29 is 0 Å². The molecule has 15 heavy (non-hydrogen) atoms. The molecule has 1 aromatic rings. The molecule has 0 N–H and O–H groups in total. The second-order valence-electron chi connectivity index (χ2n) is 4.83. The van der Waals surface area contributed by atoms with Crippen molar-refractivity contribution in [3.63, 3.8) is 0 Å². The van der Waals surface area contributed by atoms with Crippen LogP contribution >= 0.6 is 11.3 Å². The van der Waals surface area contributed by atoms with Crippen LogP contribution in [0, 0.1) is 18.3 Å². The first-order valence-electron chi connectivity index (χ1n) is 5.43. The summed E-state index contributed by atoms with van der Waals surface area (Å²) in [6.07, 6.45) is 3.88. The van der Waals surface area contributed by atoms with Crippen LogP contribution in [0.1, 0.15) is 54.6 Å². The van der Waals surface area contributed by atoms with E-state index in [4.69, 9.17) is 5.26 Å². The van der Waals surface area contributed by atoms with Crippen LogP contribution in [0.25, 0.3) is 0 Å². The predicted octanol–water partition coefficient (Wildman–Crippen LogP) is 3.52. The first kappa shape index (κ1) is 10.6. The topological polar surface area (TPSA) is 36.7 Å². The highest BCUT2D eigenvalue weighted by Crippen LogP contribution is 2.40. The van der Waals surface area contributed by atoms with E-state index >= 15 is 0 Å². The van der Waals surface area contributed by atoms with E-state index in [2.05, 4.69) is 18.0 Å². The van der Waals surface area contributed by atoms with Gasteiger partial charge in [0.1, 0.15) is 10.4 Å². The van der Waals surface area contributed by atoms with Gasteiger partial charge in [-0.25, -0.2) is 4.98 Å². The molecule has 0 radical (unpaired) electrons. The third kappa shape index (κ3) is 1.79. The molecule has 2 rings (SSSR count). The fourth-order valence-corrected chi connectivity index (χ4v) is 2.84. The van der Waals surface area contributed by atoms with Gasteiger partial charge in [0, 0.05) is 10.8 Å². The lowest BCUT2D eigenvalue weighted by Crippen LogP contribution is -2.15. The Kier molecular flexibility index (Phi) is 2.56. The maximum atomic E-state index is 9.07. The first-order valence-corrected chi connectivity index (χ1v) is 6.25. The Labute approximate surface area is 95.0 Å². The Bertz CT molecular complexity index is 408. The number of nitriles is 1. The molecule has 1 aliphatic carbocycles. The summed E-state index contributed by atoms with van der Waals surface area (Å²) in [6.45, 7) is 6.01. The molecule has 80 valence electrons. The van der Waals surface area contributed by atoms with Crippen LogP contribution in [0.2, 0.25) is 0 Å². The molecule has 1 aromatic heterocycles. The van der Waals surface area contributed by atoms with E-state index < -0.39 is 5.41 Å². The number of aromatic nitrogens is 1. The molecule has 2 nitrogen and oxygen atoms in total. The molecule has 0 bridgehead atoms. The largest absolute Gasteiger partial charge is 0.244 e. The van der Waals surface area contributed by atoms with Crippen molar-refractivity contribution in [3.8, 4) is 6.07 Å². The average Bonchev–Trinajstić information content (AvgIpc) is 2.46. The van der Waals surface area contributed by atoms with Gasteiger partial charge in [-0.2, -0.15) is 5.26 Å². The van der Waals surface area contributed by atoms with Crippen molar-refractivity contribution in [2.45, 2.75) is 51.4 Å². The highest BCUT2D eigenvalue weighted by molar-refractivity contribution is 7.11. The van der Waals surface area contributed by atoms with Gasteiger partial charge in [-0.3, -0.25) is 0 Å². The van der Waals surface area contributed by atoms with Crippen LogP contribution in [0.4, 0.5) is 0 Å². The summed E-state index contributed by atoms with van der Waals surface area (Å²) in [5.74, 6) is 0.671. The van der Waals surface area contributed by atoms with E-state index in [1.54, 1.807) is 11.3 Å². The Hall–Kier alpha value is -0.880. The summed E-state index contributed by atoms with van der Waals surface area (Å²) >= 11 is 1.69. The van der Waals surface area contributed by atoms with Crippen molar-refractivity contribution in [2.75, 3.05) is 0 Å². The monoisotopic (exact) mass is 220 g/mol. The molecule has 0 atom stereocenters. The molecule has 0 spiro atoms. The number of hydrogen-bond donors (Lipinski definition) is 0. The summed E-state index contributed by atoms with van der Waals surface area (Å²) in [4.78, 5) is 5.97. The van der Waals surface area contributed by atoms with Crippen molar-refractivity contribution in [3.05, 3.63) is 15.6 Å². The van der Waals surface area contributed by atoms with Gasteiger partial charge in [0.05, 0.1) is 11.8 Å². The number of nitrogens with zero attached hydrogens (tertiary/aromatic N) is 2. The lowest BCUT2D eigenvalue weighted by atomic mass is 9.82. The zero-order chi connectivity index (χ0) is 11.1. The van der Waals surface area contributed by atoms with E-state index in [9.17, 15) is 0 Å². The quantitative estimate of drug-likeness (QED) is 0.764. The summed E-state index contributed by atoms with van der Waals surface area (Å²) in [5.41, 5.74) is 0.821. The van der Waals surface area contributed by atoms with Gasteiger partial charge in [-0.15, -0.1) is 11.3 Å². The zero-order valence-corrected chi connectivity index (χ0v) is 10.3. The Balaban J connectivity index is 2.33. The van der Waals surface area contributed by atoms with Crippen molar-refractivity contribution >= 4 is 11.3 Å². The molecule has 1 aliphatic rings. The normalized spacial score (nSPS) is 17.2. The lowest BCUT2D eigenvalue weighted by molar-refractivity contribution is 0.410. The summed E-state index contributed by atoms with van der Waals surface area (Å²) < 4.78 is 0. The maximum Gasteiger partial charge on any atom is 0.113 e. The van der Waals surface area contributed by atoms with Crippen molar-refractivity contribution in [1.82, 2.24) is 4.98 Å². The van der Waals surface area contributed by atoms with Crippen LogP contribution in [0.15, 0.2) is 0 Å². The van der Waals surface area contributed by atoms with Crippen molar-refractivity contribution in [1.29, 1.82) is 5.26 Å². The molecular formula is C12H16N2S. The predicted molar refractivity (Wildman–Crippen MR) is 62.1 cm³/mol. The summed E-state index contributed by atoms with van der Waals surface area (Å²) in [5, 5.41) is 10.1. The van der Waals surface area contributed by atoms with Gasteiger partial charge >= 0.3 is 0 Å². The van der Waals surface area contributed by atoms with Gasteiger partial charge in [0.25, 0.3) is 0 Å². The Morgan fingerprint density at radius 2 is 2.13 bits per heavy atom. The molecule has 0 unspecified atom stereocenters. The third-order valence-corrected chi connectivity index (χ3v) is 4.45. The molecule has 1 saturated carbocycles. The molecule has 3 heteroatoms. The standard InChI is InChI=1S/C12H16N2S/c1-8-10(9-5-4-6-9)14-11(15-8)12(2,3)7-13/h9H,4-6H2,1-3H3. The molecule has 0 aliphatic heterocycles. The molecule has 0 aromatic carbocycles. The average molecular weight is 220 g/mol. The van der Waals surface area contributed by atoms with E-state index in [0.29, 0.717) is 5.92 Å². The second-order valence-corrected chi connectivity index (χ2v) is 6.03.